The van der Waals surface area contributed by atoms with E-state index in [-0.39, 0.29) is 5.78 Å². The van der Waals surface area contributed by atoms with Crippen LogP contribution < -0.4 is 0 Å². The number of ketones is 1. The van der Waals surface area contributed by atoms with E-state index in [0.717, 1.165) is 11.8 Å². The lowest BCUT2D eigenvalue weighted by atomic mass is 9.79. The Labute approximate surface area is 108 Å². The van der Waals surface area contributed by atoms with Crippen molar-refractivity contribution in [1.82, 2.24) is 0 Å². The molecule has 1 aromatic rings. The normalized spacial score (nSPS) is 18.1. The van der Waals surface area contributed by atoms with Gasteiger partial charge in [0.05, 0.1) is 0 Å². The number of carbonyl (C=O) groups excluding carboxylic acids is 1. The van der Waals surface area contributed by atoms with Crippen LogP contribution in [0.25, 0.3) is 0 Å². The van der Waals surface area contributed by atoms with Gasteiger partial charge in [-0.25, -0.2) is 8.42 Å². The van der Waals surface area contributed by atoms with Gasteiger partial charge in [-0.15, -0.1) is 0 Å². The Morgan fingerprint density at radius 2 is 2.00 bits per heavy atom. The Balaban J connectivity index is 2.25. The van der Waals surface area contributed by atoms with Gasteiger partial charge in [0.25, 0.3) is 0 Å². The van der Waals surface area contributed by atoms with E-state index in [0.29, 0.717) is 11.5 Å². The van der Waals surface area contributed by atoms with Crippen molar-refractivity contribution in [3.05, 3.63) is 35.4 Å². The standard InChI is InChI=1S/C14H18O3S/c1-10(18(2,16)17)14(15)13-8-4-7-12(9-13)11-5-3-6-11/h4,7-11H,3,5-6H2,1-2H3. The molecule has 1 aliphatic carbocycles. The van der Waals surface area contributed by atoms with Gasteiger partial charge in [0.15, 0.2) is 15.6 Å². The Morgan fingerprint density at radius 3 is 2.50 bits per heavy atom. The molecule has 0 amide bonds. The van der Waals surface area contributed by atoms with E-state index >= 15 is 0 Å². The minimum absolute atomic E-state index is 0.307. The molecule has 1 fully saturated rings. The van der Waals surface area contributed by atoms with Crippen LogP contribution in [0, 0.1) is 0 Å². The maximum absolute atomic E-state index is 12.1. The first kappa shape index (κ1) is 13.3. The zero-order valence-corrected chi connectivity index (χ0v) is 11.5. The number of rotatable bonds is 4. The average molecular weight is 266 g/mol. The maximum Gasteiger partial charge on any atom is 0.180 e. The summed E-state index contributed by atoms with van der Waals surface area (Å²) in [5.41, 5.74) is 1.67. The molecule has 1 aliphatic rings. The van der Waals surface area contributed by atoms with Crippen LogP contribution in [0.3, 0.4) is 0 Å². The number of carbonyl (C=O) groups is 1. The molecule has 0 spiro atoms. The highest BCUT2D eigenvalue weighted by molar-refractivity contribution is 7.92. The molecule has 1 aromatic carbocycles. The highest BCUT2D eigenvalue weighted by Gasteiger charge is 2.26. The predicted octanol–water partition coefficient (Wildman–Crippen LogP) is 2.57. The van der Waals surface area contributed by atoms with Crippen LogP contribution in [0.15, 0.2) is 24.3 Å². The van der Waals surface area contributed by atoms with E-state index in [1.54, 1.807) is 6.07 Å². The van der Waals surface area contributed by atoms with Crippen LogP contribution in [0.1, 0.15) is 48.0 Å². The molecule has 98 valence electrons. The topological polar surface area (TPSA) is 51.2 Å². The van der Waals surface area contributed by atoms with Crippen molar-refractivity contribution in [2.75, 3.05) is 6.26 Å². The molecule has 2 rings (SSSR count). The van der Waals surface area contributed by atoms with Gasteiger partial charge in [-0.05, 0) is 37.3 Å². The van der Waals surface area contributed by atoms with Crippen molar-refractivity contribution in [1.29, 1.82) is 0 Å². The van der Waals surface area contributed by atoms with E-state index in [9.17, 15) is 13.2 Å². The zero-order chi connectivity index (χ0) is 13.3. The summed E-state index contributed by atoms with van der Waals surface area (Å²) in [6.45, 7) is 1.45. The molecule has 0 heterocycles. The third-order valence-corrected chi connectivity index (χ3v) is 5.26. The molecule has 0 bridgehead atoms. The number of Topliss-reactive ketones (excluding diaryl/α,β-unsaturated/α-hetero) is 1. The van der Waals surface area contributed by atoms with Crippen molar-refractivity contribution in [2.45, 2.75) is 37.4 Å². The zero-order valence-electron chi connectivity index (χ0n) is 10.7. The van der Waals surface area contributed by atoms with E-state index in [1.807, 2.05) is 18.2 Å². The SMILES string of the molecule is CC(C(=O)c1cccc(C2CCC2)c1)S(C)(=O)=O. The largest absolute Gasteiger partial charge is 0.293 e. The lowest BCUT2D eigenvalue weighted by Gasteiger charge is -2.26. The van der Waals surface area contributed by atoms with Crippen LogP contribution in [0.2, 0.25) is 0 Å². The molecule has 18 heavy (non-hydrogen) atoms. The Morgan fingerprint density at radius 1 is 1.33 bits per heavy atom. The minimum Gasteiger partial charge on any atom is -0.293 e. The molecule has 0 radical (unpaired) electrons. The van der Waals surface area contributed by atoms with Crippen LogP contribution in [0.5, 0.6) is 0 Å². The third kappa shape index (κ3) is 2.64. The van der Waals surface area contributed by atoms with Gasteiger partial charge in [0.2, 0.25) is 0 Å². The quantitative estimate of drug-likeness (QED) is 0.787. The summed E-state index contributed by atoms with van der Waals surface area (Å²) in [5, 5.41) is -0.964. The summed E-state index contributed by atoms with van der Waals surface area (Å²) in [5.74, 6) is 0.241. The first-order valence-electron chi connectivity index (χ1n) is 6.22. The molecule has 0 aliphatic heterocycles. The first-order chi connectivity index (χ1) is 8.39. The van der Waals surface area contributed by atoms with Gasteiger partial charge in [-0.2, -0.15) is 0 Å². The summed E-state index contributed by atoms with van der Waals surface area (Å²) < 4.78 is 22.8. The first-order valence-corrected chi connectivity index (χ1v) is 8.18. The lowest BCUT2D eigenvalue weighted by molar-refractivity contribution is 0.0991. The highest BCUT2D eigenvalue weighted by atomic mass is 32.2. The summed E-state index contributed by atoms with van der Waals surface area (Å²) >= 11 is 0. The van der Waals surface area contributed by atoms with Crippen LogP contribution in [-0.4, -0.2) is 25.7 Å². The molecule has 0 saturated heterocycles. The monoisotopic (exact) mass is 266 g/mol. The van der Waals surface area contributed by atoms with E-state index in [1.165, 1.54) is 26.2 Å². The molecular weight excluding hydrogens is 248 g/mol. The van der Waals surface area contributed by atoms with Gasteiger partial charge in [0.1, 0.15) is 5.25 Å². The predicted molar refractivity (Wildman–Crippen MR) is 71.7 cm³/mol. The molecule has 1 saturated carbocycles. The van der Waals surface area contributed by atoms with E-state index in [4.69, 9.17) is 0 Å². The Kier molecular flexibility index (Phi) is 3.57. The van der Waals surface area contributed by atoms with Crippen LogP contribution in [-0.2, 0) is 9.84 Å². The molecule has 4 heteroatoms. The summed E-state index contributed by atoms with van der Waals surface area (Å²) in [6, 6.07) is 7.42. The third-order valence-electron chi connectivity index (χ3n) is 3.76. The number of hydrogen-bond donors (Lipinski definition) is 0. The molecular formula is C14H18O3S. The van der Waals surface area contributed by atoms with Crippen molar-refractivity contribution >= 4 is 15.6 Å². The summed E-state index contributed by atoms with van der Waals surface area (Å²) in [4.78, 5) is 12.1. The lowest BCUT2D eigenvalue weighted by Crippen LogP contribution is -2.26. The molecule has 0 aromatic heterocycles. The smallest absolute Gasteiger partial charge is 0.180 e. The molecule has 0 N–H and O–H groups in total. The van der Waals surface area contributed by atoms with Gasteiger partial charge in [0, 0.05) is 11.8 Å². The fourth-order valence-electron chi connectivity index (χ4n) is 2.12. The average Bonchev–Trinajstić information content (AvgIpc) is 2.24. The number of hydrogen-bond acceptors (Lipinski definition) is 3. The van der Waals surface area contributed by atoms with Gasteiger partial charge in [-0.3, -0.25) is 4.79 Å². The summed E-state index contributed by atoms with van der Waals surface area (Å²) in [6.07, 6.45) is 4.67. The van der Waals surface area contributed by atoms with Crippen molar-refractivity contribution in [3.63, 3.8) is 0 Å². The summed E-state index contributed by atoms with van der Waals surface area (Å²) in [7, 11) is -3.32. The Hall–Kier alpha value is -1.16. The fraction of sp³-hybridized carbons (Fsp3) is 0.500. The fourth-order valence-corrected chi connectivity index (χ4v) is 2.64. The van der Waals surface area contributed by atoms with Crippen molar-refractivity contribution < 1.29 is 13.2 Å². The van der Waals surface area contributed by atoms with E-state index < -0.39 is 15.1 Å². The second-order valence-corrected chi connectivity index (χ2v) is 7.46. The Bertz CT molecular complexity index is 556. The van der Waals surface area contributed by atoms with Crippen LogP contribution >= 0.6 is 0 Å². The van der Waals surface area contributed by atoms with E-state index in [2.05, 4.69) is 0 Å². The molecule has 1 unspecified atom stereocenters. The van der Waals surface area contributed by atoms with Crippen molar-refractivity contribution in [3.8, 4) is 0 Å². The van der Waals surface area contributed by atoms with Gasteiger partial charge < -0.3 is 0 Å². The van der Waals surface area contributed by atoms with Crippen molar-refractivity contribution in [2.24, 2.45) is 0 Å². The van der Waals surface area contributed by atoms with Crippen LogP contribution in [0.4, 0.5) is 0 Å². The number of sulfone groups is 1. The van der Waals surface area contributed by atoms with Gasteiger partial charge in [-0.1, -0.05) is 24.6 Å². The maximum atomic E-state index is 12.1. The second kappa shape index (κ2) is 4.84. The van der Waals surface area contributed by atoms with Gasteiger partial charge >= 0.3 is 0 Å². The second-order valence-electron chi connectivity index (χ2n) is 5.09. The molecule has 3 nitrogen and oxygen atoms in total. The highest BCUT2D eigenvalue weighted by Crippen LogP contribution is 2.36. The minimum atomic E-state index is -3.32. The molecule has 1 atom stereocenters. The number of benzene rings is 1.